The normalized spacial score (nSPS) is 13.8. The number of esters is 1. The Morgan fingerprint density at radius 1 is 0.913 bits per heavy atom. The lowest BCUT2D eigenvalue weighted by atomic mass is 10.2. The molecule has 23 heavy (non-hydrogen) atoms. The summed E-state index contributed by atoms with van der Waals surface area (Å²) < 4.78 is 21.8. The van der Waals surface area contributed by atoms with E-state index >= 15 is 0 Å². The summed E-state index contributed by atoms with van der Waals surface area (Å²) >= 11 is 0. The van der Waals surface area contributed by atoms with Crippen LogP contribution >= 0.6 is 0 Å². The second kappa shape index (κ2) is 11.2. The Bertz CT molecular complexity index is 432. The Kier molecular flexibility index (Phi) is 9.52. The molecule has 1 aromatic carbocycles. The standard InChI is InChI=1S/C18H28O5/c1-14(2)22-13-15(3)21-11-10-20-12-16(4)23-18(19)17-8-6-5-7-9-17/h5-9,14-16H,10-13H2,1-4H3. The molecular weight excluding hydrogens is 296 g/mol. The first-order valence-electron chi connectivity index (χ1n) is 8.06. The van der Waals surface area contributed by atoms with E-state index in [1.165, 1.54) is 0 Å². The van der Waals surface area contributed by atoms with E-state index in [-0.39, 0.29) is 24.3 Å². The molecule has 0 aromatic heterocycles. The molecule has 0 heterocycles. The van der Waals surface area contributed by atoms with Gasteiger partial charge in [-0.05, 0) is 39.8 Å². The Morgan fingerprint density at radius 3 is 2.26 bits per heavy atom. The summed E-state index contributed by atoms with van der Waals surface area (Å²) in [5.74, 6) is -0.336. The van der Waals surface area contributed by atoms with Crippen molar-refractivity contribution in [1.29, 1.82) is 0 Å². The SMILES string of the molecule is CC(C)OCC(C)OCCOCC(C)OC(=O)c1ccccc1. The molecule has 1 rings (SSSR count). The maximum atomic E-state index is 11.8. The highest BCUT2D eigenvalue weighted by atomic mass is 16.6. The molecule has 0 amide bonds. The summed E-state index contributed by atoms with van der Waals surface area (Å²) in [4.78, 5) is 11.8. The van der Waals surface area contributed by atoms with Crippen molar-refractivity contribution >= 4 is 5.97 Å². The van der Waals surface area contributed by atoms with E-state index in [1.807, 2.05) is 26.8 Å². The Labute approximate surface area is 138 Å². The third-order valence-electron chi connectivity index (χ3n) is 2.96. The van der Waals surface area contributed by atoms with Crippen molar-refractivity contribution in [1.82, 2.24) is 0 Å². The van der Waals surface area contributed by atoms with Crippen LogP contribution in [-0.2, 0) is 18.9 Å². The van der Waals surface area contributed by atoms with Gasteiger partial charge < -0.3 is 18.9 Å². The van der Waals surface area contributed by atoms with Crippen LogP contribution in [0.2, 0.25) is 0 Å². The van der Waals surface area contributed by atoms with Gasteiger partial charge in [-0.3, -0.25) is 0 Å². The van der Waals surface area contributed by atoms with E-state index in [0.29, 0.717) is 32.0 Å². The highest BCUT2D eigenvalue weighted by Crippen LogP contribution is 2.04. The van der Waals surface area contributed by atoms with Crippen LogP contribution < -0.4 is 0 Å². The molecule has 2 unspecified atom stereocenters. The van der Waals surface area contributed by atoms with Crippen molar-refractivity contribution in [2.45, 2.75) is 46.0 Å². The van der Waals surface area contributed by atoms with E-state index in [1.54, 1.807) is 31.2 Å². The van der Waals surface area contributed by atoms with Crippen molar-refractivity contribution in [3.05, 3.63) is 35.9 Å². The van der Waals surface area contributed by atoms with Crippen LogP contribution in [0.25, 0.3) is 0 Å². The maximum Gasteiger partial charge on any atom is 0.338 e. The number of rotatable bonds is 11. The number of hydrogen-bond acceptors (Lipinski definition) is 5. The zero-order valence-electron chi connectivity index (χ0n) is 14.5. The molecule has 130 valence electrons. The Balaban J connectivity index is 2.08. The van der Waals surface area contributed by atoms with Gasteiger partial charge in [0.25, 0.3) is 0 Å². The highest BCUT2D eigenvalue weighted by molar-refractivity contribution is 5.89. The van der Waals surface area contributed by atoms with Crippen LogP contribution in [0.15, 0.2) is 30.3 Å². The molecule has 0 saturated heterocycles. The van der Waals surface area contributed by atoms with Crippen LogP contribution in [0.1, 0.15) is 38.1 Å². The monoisotopic (exact) mass is 324 g/mol. The average molecular weight is 324 g/mol. The largest absolute Gasteiger partial charge is 0.457 e. The topological polar surface area (TPSA) is 54.0 Å². The third-order valence-corrected chi connectivity index (χ3v) is 2.96. The zero-order valence-corrected chi connectivity index (χ0v) is 14.5. The number of ether oxygens (including phenoxy) is 4. The van der Waals surface area contributed by atoms with E-state index in [4.69, 9.17) is 18.9 Å². The molecule has 0 aliphatic carbocycles. The molecule has 0 fully saturated rings. The Hall–Kier alpha value is -1.43. The van der Waals surface area contributed by atoms with Crippen molar-refractivity contribution < 1.29 is 23.7 Å². The minimum atomic E-state index is -0.336. The summed E-state index contributed by atoms with van der Waals surface area (Å²) in [5.41, 5.74) is 0.543. The summed E-state index contributed by atoms with van der Waals surface area (Å²) in [6.45, 7) is 9.62. The summed E-state index contributed by atoms with van der Waals surface area (Å²) in [5, 5.41) is 0. The van der Waals surface area contributed by atoms with Crippen molar-refractivity contribution in [3.63, 3.8) is 0 Å². The van der Waals surface area contributed by atoms with Gasteiger partial charge in [0.15, 0.2) is 0 Å². The lowest BCUT2D eigenvalue weighted by Crippen LogP contribution is -2.23. The average Bonchev–Trinajstić information content (AvgIpc) is 2.53. The Morgan fingerprint density at radius 2 is 1.61 bits per heavy atom. The first kappa shape index (κ1) is 19.6. The lowest BCUT2D eigenvalue weighted by Gasteiger charge is -2.16. The second-order valence-electron chi connectivity index (χ2n) is 5.72. The van der Waals surface area contributed by atoms with Crippen LogP contribution in [0, 0.1) is 0 Å². The molecule has 5 heteroatoms. The maximum absolute atomic E-state index is 11.8. The molecule has 0 radical (unpaired) electrons. The van der Waals surface area contributed by atoms with Gasteiger partial charge in [0, 0.05) is 0 Å². The minimum Gasteiger partial charge on any atom is -0.457 e. The quantitative estimate of drug-likeness (QED) is 0.462. The number of benzene rings is 1. The van der Waals surface area contributed by atoms with E-state index in [0.717, 1.165) is 0 Å². The molecular formula is C18H28O5. The smallest absolute Gasteiger partial charge is 0.338 e. The van der Waals surface area contributed by atoms with E-state index in [2.05, 4.69) is 0 Å². The van der Waals surface area contributed by atoms with Gasteiger partial charge in [-0.1, -0.05) is 18.2 Å². The first-order chi connectivity index (χ1) is 11.0. The van der Waals surface area contributed by atoms with Crippen LogP contribution in [-0.4, -0.2) is 50.7 Å². The molecule has 0 saturated carbocycles. The van der Waals surface area contributed by atoms with E-state index in [9.17, 15) is 4.79 Å². The third kappa shape index (κ3) is 9.33. The number of carbonyl (C=O) groups is 1. The molecule has 2 atom stereocenters. The summed E-state index contributed by atoms with van der Waals surface area (Å²) in [6, 6.07) is 8.92. The van der Waals surface area contributed by atoms with Gasteiger partial charge in [-0.15, -0.1) is 0 Å². The number of carbonyl (C=O) groups excluding carboxylic acids is 1. The molecule has 5 nitrogen and oxygen atoms in total. The fourth-order valence-corrected chi connectivity index (χ4v) is 1.79. The van der Waals surface area contributed by atoms with Crippen LogP contribution in [0.3, 0.4) is 0 Å². The molecule has 0 spiro atoms. The second-order valence-corrected chi connectivity index (χ2v) is 5.72. The molecule has 0 bridgehead atoms. The van der Waals surface area contributed by atoms with Crippen molar-refractivity contribution in [2.24, 2.45) is 0 Å². The molecule has 0 aliphatic rings. The summed E-state index contributed by atoms with van der Waals surface area (Å²) in [6.07, 6.45) is -0.0591. The van der Waals surface area contributed by atoms with Gasteiger partial charge in [0.2, 0.25) is 0 Å². The first-order valence-corrected chi connectivity index (χ1v) is 8.06. The number of hydrogen-bond donors (Lipinski definition) is 0. The minimum absolute atomic E-state index is 0.0364. The predicted molar refractivity (Wildman–Crippen MR) is 88.6 cm³/mol. The zero-order chi connectivity index (χ0) is 17.1. The van der Waals surface area contributed by atoms with Gasteiger partial charge >= 0.3 is 5.97 Å². The fraction of sp³-hybridized carbons (Fsp3) is 0.611. The van der Waals surface area contributed by atoms with Crippen LogP contribution in [0.4, 0.5) is 0 Å². The summed E-state index contributed by atoms with van der Waals surface area (Å²) in [7, 11) is 0. The van der Waals surface area contributed by atoms with Gasteiger partial charge in [0.1, 0.15) is 6.10 Å². The van der Waals surface area contributed by atoms with Crippen LogP contribution in [0.5, 0.6) is 0 Å². The van der Waals surface area contributed by atoms with Gasteiger partial charge in [-0.2, -0.15) is 0 Å². The molecule has 1 aromatic rings. The lowest BCUT2D eigenvalue weighted by molar-refractivity contribution is -0.0525. The highest BCUT2D eigenvalue weighted by Gasteiger charge is 2.11. The molecule has 0 aliphatic heterocycles. The predicted octanol–water partition coefficient (Wildman–Crippen LogP) is 3.08. The van der Waals surface area contributed by atoms with Crippen molar-refractivity contribution in [2.75, 3.05) is 26.4 Å². The van der Waals surface area contributed by atoms with Gasteiger partial charge in [-0.25, -0.2) is 4.79 Å². The van der Waals surface area contributed by atoms with Crippen molar-refractivity contribution in [3.8, 4) is 0 Å². The van der Waals surface area contributed by atoms with E-state index < -0.39 is 0 Å². The fourth-order valence-electron chi connectivity index (χ4n) is 1.79. The molecule has 0 N–H and O–H groups in total. The van der Waals surface area contributed by atoms with Gasteiger partial charge in [0.05, 0.1) is 44.2 Å².